The van der Waals surface area contributed by atoms with Crippen LogP contribution in [0.15, 0.2) is 42.5 Å². The molecule has 0 aromatic heterocycles. The highest BCUT2D eigenvalue weighted by Crippen LogP contribution is 2.18. The van der Waals surface area contributed by atoms with Crippen molar-refractivity contribution in [3.63, 3.8) is 0 Å². The summed E-state index contributed by atoms with van der Waals surface area (Å²) < 4.78 is 13.6. The third-order valence-corrected chi connectivity index (χ3v) is 2.88. The molecule has 0 spiro atoms. The van der Waals surface area contributed by atoms with Crippen LogP contribution in [0.25, 0.3) is 0 Å². The van der Waals surface area contributed by atoms with E-state index in [9.17, 15) is 9.18 Å². The molecule has 1 amide bonds. The number of nitrogen functional groups attached to an aromatic ring is 1. The molecule has 104 valence electrons. The molecular weight excluding hydrogens is 257 g/mol. The van der Waals surface area contributed by atoms with Crippen molar-refractivity contribution in [1.29, 1.82) is 0 Å². The third kappa shape index (κ3) is 3.06. The normalized spacial score (nSPS) is 10.2. The lowest BCUT2D eigenvalue weighted by molar-refractivity contribution is 0.102. The van der Waals surface area contributed by atoms with Crippen molar-refractivity contribution in [3.05, 3.63) is 53.8 Å². The summed E-state index contributed by atoms with van der Waals surface area (Å²) in [6.45, 7) is 0. The van der Waals surface area contributed by atoms with E-state index in [-0.39, 0.29) is 11.3 Å². The fourth-order valence-corrected chi connectivity index (χ4v) is 1.76. The van der Waals surface area contributed by atoms with Gasteiger partial charge in [-0.2, -0.15) is 0 Å². The largest absolute Gasteiger partial charge is 0.399 e. The van der Waals surface area contributed by atoms with Gasteiger partial charge in [-0.05, 0) is 42.5 Å². The van der Waals surface area contributed by atoms with Gasteiger partial charge in [0.05, 0.1) is 5.56 Å². The van der Waals surface area contributed by atoms with Gasteiger partial charge in [-0.1, -0.05) is 0 Å². The maximum Gasteiger partial charge on any atom is 0.258 e. The molecule has 20 heavy (non-hydrogen) atoms. The lowest BCUT2D eigenvalue weighted by Crippen LogP contribution is -2.14. The summed E-state index contributed by atoms with van der Waals surface area (Å²) in [6.07, 6.45) is 0. The SMILES string of the molecule is CN(C)c1ccc(NC(=O)c2ccc(N)cc2F)cc1. The number of nitrogens with two attached hydrogens (primary N) is 1. The van der Waals surface area contributed by atoms with Gasteiger partial charge in [-0.15, -0.1) is 0 Å². The highest BCUT2D eigenvalue weighted by atomic mass is 19.1. The van der Waals surface area contributed by atoms with Crippen molar-refractivity contribution in [3.8, 4) is 0 Å². The van der Waals surface area contributed by atoms with E-state index >= 15 is 0 Å². The van der Waals surface area contributed by atoms with Crippen LogP contribution in [0.4, 0.5) is 21.5 Å². The van der Waals surface area contributed by atoms with Gasteiger partial charge in [0.1, 0.15) is 5.82 Å². The number of carbonyl (C=O) groups is 1. The Kier molecular flexibility index (Phi) is 3.89. The van der Waals surface area contributed by atoms with E-state index < -0.39 is 11.7 Å². The summed E-state index contributed by atoms with van der Waals surface area (Å²) in [5.74, 6) is -1.13. The van der Waals surface area contributed by atoms with Crippen LogP contribution in [-0.2, 0) is 0 Å². The summed E-state index contributed by atoms with van der Waals surface area (Å²) in [6, 6.07) is 11.3. The molecule has 0 aliphatic heterocycles. The molecule has 4 nitrogen and oxygen atoms in total. The first-order valence-corrected chi connectivity index (χ1v) is 6.11. The number of hydrogen-bond acceptors (Lipinski definition) is 3. The van der Waals surface area contributed by atoms with E-state index in [0.29, 0.717) is 5.69 Å². The molecule has 0 bridgehead atoms. The fourth-order valence-electron chi connectivity index (χ4n) is 1.76. The van der Waals surface area contributed by atoms with Crippen LogP contribution in [0.2, 0.25) is 0 Å². The zero-order valence-corrected chi connectivity index (χ0v) is 11.4. The summed E-state index contributed by atoms with van der Waals surface area (Å²) >= 11 is 0. The quantitative estimate of drug-likeness (QED) is 0.845. The summed E-state index contributed by atoms with van der Waals surface area (Å²) in [5.41, 5.74) is 7.33. The number of carbonyl (C=O) groups excluding carboxylic acids is 1. The Morgan fingerprint density at radius 1 is 1.15 bits per heavy atom. The molecule has 0 heterocycles. The van der Waals surface area contributed by atoms with Gasteiger partial charge in [-0.25, -0.2) is 4.39 Å². The van der Waals surface area contributed by atoms with Gasteiger partial charge in [0.2, 0.25) is 0 Å². The first-order chi connectivity index (χ1) is 9.47. The third-order valence-electron chi connectivity index (χ3n) is 2.88. The molecule has 0 atom stereocenters. The van der Waals surface area contributed by atoms with Crippen molar-refractivity contribution in [2.45, 2.75) is 0 Å². The second-order valence-electron chi connectivity index (χ2n) is 4.63. The predicted octanol–water partition coefficient (Wildman–Crippen LogP) is 2.73. The maximum atomic E-state index is 13.6. The molecule has 3 N–H and O–H groups in total. The van der Waals surface area contributed by atoms with E-state index in [1.807, 2.05) is 31.1 Å². The van der Waals surface area contributed by atoms with Crippen LogP contribution in [0.5, 0.6) is 0 Å². The topological polar surface area (TPSA) is 58.4 Å². The Morgan fingerprint density at radius 3 is 2.35 bits per heavy atom. The molecule has 2 aromatic rings. The van der Waals surface area contributed by atoms with Gasteiger partial charge in [0, 0.05) is 31.2 Å². The Morgan fingerprint density at radius 2 is 1.80 bits per heavy atom. The van der Waals surface area contributed by atoms with Gasteiger partial charge in [0.15, 0.2) is 0 Å². The number of amides is 1. The van der Waals surface area contributed by atoms with Crippen molar-refractivity contribution in [2.24, 2.45) is 0 Å². The highest BCUT2D eigenvalue weighted by molar-refractivity contribution is 6.04. The van der Waals surface area contributed by atoms with E-state index in [4.69, 9.17) is 5.73 Å². The molecule has 0 radical (unpaired) electrons. The Bertz CT molecular complexity index is 624. The number of rotatable bonds is 3. The van der Waals surface area contributed by atoms with Crippen molar-refractivity contribution in [1.82, 2.24) is 0 Å². The zero-order valence-electron chi connectivity index (χ0n) is 11.4. The van der Waals surface area contributed by atoms with Crippen LogP contribution in [0.3, 0.4) is 0 Å². The summed E-state index contributed by atoms with van der Waals surface area (Å²) in [5, 5.41) is 2.65. The van der Waals surface area contributed by atoms with Crippen molar-refractivity contribution >= 4 is 23.0 Å². The Balaban J connectivity index is 2.15. The predicted molar refractivity (Wildman–Crippen MR) is 79.5 cm³/mol. The standard InChI is InChI=1S/C15H16FN3O/c1-19(2)12-6-4-11(5-7-12)18-15(20)13-8-3-10(17)9-14(13)16/h3-9H,17H2,1-2H3,(H,18,20). The van der Waals surface area contributed by atoms with Crippen LogP contribution in [-0.4, -0.2) is 20.0 Å². The first-order valence-electron chi connectivity index (χ1n) is 6.11. The number of anilines is 3. The summed E-state index contributed by atoms with van der Waals surface area (Å²) in [4.78, 5) is 13.9. The lowest BCUT2D eigenvalue weighted by Gasteiger charge is -2.13. The molecule has 0 saturated heterocycles. The average Bonchev–Trinajstić information content (AvgIpc) is 2.39. The first kappa shape index (κ1) is 13.9. The molecule has 5 heteroatoms. The molecule has 2 aromatic carbocycles. The van der Waals surface area contributed by atoms with Crippen molar-refractivity contribution < 1.29 is 9.18 Å². The van der Waals surface area contributed by atoms with Gasteiger partial charge >= 0.3 is 0 Å². The molecule has 0 saturated carbocycles. The van der Waals surface area contributed by atoms with E-state index in [1.165, 1.54) is 12.1 Å². The Hall–Kier alpha value is -2.56. The summed E-state index contributed by atoms with van der Waals surface area (Å²) in [7, 11) is 3.86. The molecule has 0 aliphatic rings. The van der Waals surface area contributed by atoms with Crippen LogP contribution in [0.1, 0.15) is 10.4 Å². The number of benzene rings is 2. The minimum Gasteiger partial charge on any atom is -0.399 e. The molecular formula is C15H16FN3O. The monoisotopic (exact) mass is 273 g/mol. The number of halogens is 1. The molecule has 0 aliphatic carbocycles. The minimum atomic E-state index is -0.632. The van der Waals surface area contributed by atoms with Crippen LogP contribution >= 0.6 is 0 Å². The second kappa shape index (κ2) is 5.61. The molecule has 0 unspecified atom stereocenters. The van der Waals surface area contributed by atoms with Gasteiger partial charge < -0.3 is 16.0 Å². The van der Waals surface area contributed by atoms with Gasteiger partial charge in [0.25, 0.3) is 5.91 Å². The van der Waals surface area contributed by atoms with Crippen LogP contribution in [0, 0.1) is 5.82 Å². The molecule has 0 fully saturated rings. The minimum absolute atomic E-state index is 0.0316. The Labute approximate surface area is 117 Å². The second-order valence-corrected chi connectivity index (χ2v) is 4.63. The lowest BCUT2D eigenvalue weighted by atomic mass is 10.1. The number of nitrogens with one attached hydrogen (secondary N) is 1. The smallest absolute Gasteiger partial charge is 0.258 e. The average molecular weight is 273 g/mol. The number of hydrogen-bond donors (Lipinski definition) is 2. The van der Waals surface area contributed by atoms with Crippen LogP contribution < -0.4 is 16.0 Å². The van der Waals surface area contributed by atoms with E-state index in [0.717, 1.165) is 11.8 Å². The number of nitrogens with zero attached hydrogens (tertiary/aromatic N) is 1. The zero-order chi connectivity index (χ0) is 14.7. The highest BCUT2D eigenvalue weighted by Gasteiger charge is 2.12. The van der Waals surface area contributed by atoms with E-state index in [1.54, 1.807) is 12.1 Å². The fraction of sp³-hybridized carbons (Fsp3) is 0.133. The maximum absolute atomic E-state index is 13.6. The molecule has 2 rings (SSSR count). The van der Waals surface area contributed by atoms with Crippen molar-refractivity contribution in [2.75, 3.05) is 30.0 Å². The van der Waals surface area contributed by atoms with Gasteiger partial charge in [-0.3, -0.25) is 4.79 Å². The van der Waals surface area contributed by atoms with E-state index in [2.05, 4.69) is 5.32 Å².